The Balaban J connectivity index is 1.73. The van der Waals surface area contributed by atoms with E-state index in [1.165, 1.54) is 5.56 Å². The maximum absolute atomic E-state index is 11.8. The fourth-order valence-corrected chi connectivity index (χ4v) is 4.65. The van der Waals surface area contributed by atoms with Gasteiger partial charge in [0, 0.05) is 6.54 Å². The van der Waals surface area contributed by atoms with E-state index in [0.717, 1.165) is 16.9 Å². The van der Waals surface area contributed by atoms with Gasteiger partial charge in [0.1, 0.15) is 5.75 Å². The average molecular weight is 339 g/mol. The van der Waals surface area contributed by atoms with Gasteiger partial charge in [-0.25, -0.2) is 8.42 Å². The Hall–Kier alpha value is -1.56. The van der Waals surface area contributed by atoms with Crippen LogP contribution in [0, 0.1) is 26.7 Å². The van der Waals surface area contributed by atoms with E-state index in [2.05, 4.69) is 11.4 Å². The molecule has 1 aromatic carbocycles. The predicted octanol–water partition coefficient (Wildman–Crippen LogP) is 1.93. The highest BCUT2D eigenvalue weighted by Gasteiger charge is 2.27. The second-order valence-corrected chi connectivity index (χ2v) is 8.61. The second kappa shape index (κ2) is 7.34. The van der Waals surface area contributed by atoms with Crippen molar-refractivity contribution in [1.82, 2.24) is 5.32 Å². The van der Waals surface area contributed by atoms with Crippen molar-refractivity contribution in [2.45, 2.75) is 33.6 Å². The van der Waals surface area contributed by atoms with Crippen molar-refractivity contribution >= 4 is 15.7 Å². The lowest BCUT2D eigenvalue weighted by Crippen LogP contribution is -2.30. The number of benzene rings is 1. The molecule has 1 atom stereocenters. The highest BCUT2D eigenvalue weighted by molar-refractivity contribution is 7.91. The molecular formula is C17H25NO4S. The van der Waals surface area contributed by atoms with Crippen LogP contribution in [0.1, 0.15) is 29.5 Å². The van der Waals surface area contributed by atoms with Gasteiger partial charge in [0.15, 0.2) is 9.84 Å². The summed E-state index contributed by atoms with van der Waals surface area (Å²) in [7, 11) is -2.89. The number of ether oxygens (including phenoxy) is 1. The molecule has 1 heterocycles. The standard InChI is InChI=1S/C17H25NO4S/c1-12-8-13(2)14(3)16(9-12)22-6-4-17(19)18-10-15-5-7-23(20,21)11-15/h8-9,15H,4-7,10-11H2,1-3H3,(H,18,19)/t15-/m1/s1. The molecule has 0 unspecified atom stereocenters. The Labute approximate surface area is 138 Å². The summed E-state index contributed by atoms with van der Waals surface area (Å²) in [5, 5.41) is 2.80. The first kappa shape index (κ1) is 17.8. The second-order valence-electron chi connectivity index (χ2n) is 6.38. The van der Waals surface area contributed by atoms with E-state index in [9.17, 15) is 13.2 Å². The molecule has 1 aliphatic heterocycles. The molecular weight excluding hydrogens is 314 g/mol. The fraction of sp³-hybridized carbons (Fsp3) is 0.588. The van der Waals surface area contributed by atoms with Crippen LogP contribution in [-0.4, -0.2) is 39.0 Å². The number of carbonyl (C=O) groups is 1. The average Bonchev–Trinajstić information content (AvgIpc) is 2.81. The summed E-state index contributed by atoms with van der Waals surface area (Å²) < 4.78 is 28.5. The third kappa shape index (κ3) is 5.23. The van der Waals surface area contributed by atoms with Crippen LogP contribution < -0.4 is 10.1 Å². The van der Waals surface area contributed by atoms with Gasteiger partial charge in [-0.1, -0.05) is 6.07 Å². The van der Waals surface area contributed by atoms with Gasteiger partial charge in [0.05, 0.1) is 24.5 Å². The molecule has 1 fully saturated rings. The SMILES string of the molecule is Cc1cc(C)c(C)c(OCCC(=O)NC[C@H]2CCS(=O)(=O)C2)c1. The minimum Gasteiger partial charge on any atom is -0.493 e. The van der Waals surface area contributed by atoms with Crippen molar-refractivity contribution in [1.29, 1.82) is 0 Å². The number of nitrogens with one attached hydrogen (secondary N) is 1. The molecule has 1 aromatic rings. The quantitative estimate of drug-likeness (QED) is 0.859. The van der Waals surface area contributed by atoms with Crippen molar-refractivity contribution in [3.8, 4) is 5.75 Å². The van der Waals surface area contributed by atoms with Crippen molar-refractivity contribution in [2.75, 3.05) is 24.7 Å². The van der Waals surface area contributed by atoms with Crippen LogP contribution in [0.25, 0.3) is 0 Å². The van der Waals surface area contributed by atoms with Gasteiger partial charge in [-0.2, -0.15) is 0 Å². The van der Waals surface area contributed by atoms with Gasteiger partial charge >= 0.3 is 0 Å². The molecule has 128 valence electrons. The zero-order chi connectivity index (χ0) is 17.0. The number of sulfone groups is 1. The summed E-state index contributed by atoms with van der Waals surface area (Å²) in [6, 6.07) is 4.08. The van der Waals surface area contributed by atoms with Crippen LogP contribution in [0.3, 0.4) is 0 Å². The number of amides is 1. The van der Waals surface area contributed by atoms with Crippen molar-refractivity contribution < 1.29 is 17.9 Å². The summed E-state index contributed by atoms with van der Waals surface area (Å²) in [6.07, 6.45) is 0.910. The Morgan fingerprint density at radius 3 is 2.70 bits per heavy atom. The number of aryl methyl sites for hydroxylation is 2. The van der Waals surface area contributed by atoms with Crippen LogP contribution in [0.4, 0.5) is 0 Å². The highest BCUT2D eigenvalue weighted by Crippen LogP contribution is 2.23. The zero-order valence-electron chi connectivity index (χ0n) is 14.0. The first-order chi connectivity index (χ1) is 10.8. The Bertz CT molecular complexity index is 682. The van der Waals surface area contributed by atoms with E-state index in [4.69, 9.17) is 4.74 Å². The molecule has 6 heteroatoms. The topological polar surface area (TPSA) is 72.5 Å². The summed E-state index contributed by atoms with van der Waals surface area (Å²) >= 11 is 0. The van der Waals surface area contributed by atoms with Gasteiger partial charge in [-0.15, -0.1) is 0 Å². The Morgan fingerprint density at radius 2 is 2.04 bits per heavy atom. The molecule has 0 radical (unpaired) electrons. The predicted molar refractivity (Wildman–Crippen MR) is 90.5 cm³/mol. The van der Waals surface area contributed by atoms with Crippen LogP contribution in [0.5, 0.6) is 5.75 Å². The minimum atomic E-state index is -2.89. The van der Waals surface area contributed by atoms with E-state index in [0.29, 0.717) is 19.6 Å². The molecule has 1 amide bonds. The van der Waals surface area contributed by atoms with Gasteiger partial charge in [0.25, 0.3) is 0 Å². The van der Waals surface area contributed by atoms with Crippen LogP contribution in [-0.2, 0) is 14.6 Å². The molecule has 23 heavy (non-hydrogen) atoms. The Morgan fingerprint density at radius 1 is 1.30 bits per heavy atom. The van der Waals surface area contributed by atoms with Gasteiger partial charge in [-0.3, -0.25) is 4.79 Å². The Kier molecular flexibility index (Phi) is 5.68. The molecule has 0 aliphatic carbocycles. The molecule has 5 nitrogen and oxygen atoms in total. The highest BCUT2D eigenvalue weighted by atomic mass is 32.2. The van der Waals surface area contributed by atoms with E-state index >= 15 is 0 Å². The summed E-state index contributed by atoms with van der Waals surface area (Å²) in [5.74, 6) is 1.19. The normalized spacial score (nSPS) is 19.5. The van der Waals surface area contributed by atoms with E-state index in [1.54, 1.807) is 0 Å². The van der Waals surface area contributed by atoms with Crippen molar-refractivity contribution in [2.24, 2.45) is 5.92 Å². The fourth-order valence-electron chi connectivity index (χ4n) is 2.78. The minimum absolute atomic E-state index is 0.0477. The lowest BCUT2D eigenvalue weighted by atomic mass is 10.1. The molecule has 1 aliphatic rings. The molecule has 0 bridgehead atoms. The van der Waals surface area contributed by atoms with E-state index < -0.39 is 9.84 Å². The van der Waals surface area contributed by atoms with Crippen LogP contribution in [0.15, 0.2) is 12.1 Å². The molecule has 0 spiro atoms. The maximum Gasteiger partial charge on any atom is 0.223 e. The zero-order valence-corrected chi connectivity index (χ0v) is 14.8. The van der Waals surface area contributed by atoms with E-state index in [-0.39, 0.29) is 29.8 Å². The molecule has 0 saturated carbocycles. The third-order valence-corrected chi connectivity index (χ3v) is 6.10. The summed E-state index contributed by atoms with van der Waals surface area (Å²) in [6.45, 7) is 6.81. The molecule has 0 aromatic heterocycles. The number of hydrogen-bond donors (Lipinski definition) is 1. The number of carbonyl (C=O) groups excluding carboxylic acids is 1. The first-order valence-electron chi connectivity index (χ1n) is 7.94. The lowest BCUT2D eigenvalue weighted by molar-refractivity contribution is -0.121. The lowest BCUT2D eigenvalue weighted by Gasteiger charge is -2.13. The largest absolute Gasteiger partial charge is 0.493 e. The van der Waals surface area contributed by atoms with Crippen LogP contribution >= 0.6 is 0 Å². The van der Waals surface area contributed by atoms with Crippen molar-refractivity contribution in [3.05, 3.63) is 28.8 Å². The number of rotatable bonds is 6. The molecule has 1 N–H and O–H groups in total. The summed E-state index contributed by atoms with van der Waals surface area (Å²) in [4.78, 5) is 11.8. The number of hydrogen-bond acceptors (Lipinski definition) is 4. The smallest absolute Gasteiger partial charge is 0.223 e. The van der Waals surface area contributed by atoms with Crippen LogP contribution in [0.2, 0.25) is 0 Å². The molecule has 1 saturated heterocycles. The first-order valence-corrected chi connectivity index (χ1v) is 9.77. The summed E-state index contributed by atoms with van der Waals surface area (Å²) in [5.41, 5.74) is 3.40. The van der Waals surface area contributed by atoms with E-state index in [1.807, 2.05) is 26.8 Å². The maximum atomic E-state index is 11.8. The third-order valence-electron chi connectivity index (χ3n) is 4.27. The monoisotopic (exact) mass is 339 g/mol. The van der Waals surface area contributed by atoms with Gasteiger partial charge in [-0.05, 0) is 55.9 Å². The molecule has 2 rings (SSSR count). The van der Waals surface area contributed by atoms with Crippen molar-refractivity contribution in [3.63, 3.8) is 0 Å². The van der Waals surface area contributed by atoms with Gasteiger partial charge in [0.2, 0.25) is 5.91 Å². The van der Waals surface area contributed by atoms with Gasteiger partial charge < -0.3 is 10.1 Å².